The third-order valence-corrected chi connectivity index (χ3v) is 6.12. The van der Waals surface area contributed by atoms with Gasteiger partial charge in [-0.1, -0.05) is 36.4 Å². The smallest absolute Gasteiger partial charge is 0.251 e. The fraction of sp³-hybridized carbons (Fsp3) is 0.333. The molecule has 1 amide bonds. The molecule has 2 heterocycles. The number of β-amino-alcohol motifs (C(OH)–C–C–N with tert-alkyl or cyclic N) is 1. The highest BCUT2D eigenvalue weighted by molar-refractivity contribution is 5.97. The van der Waals surface area contributed by atoms with Crippen molar-refractivity contribution in [3.63, 3.8) is 0 Å². The van der Waals surface area contributed by atoms with E-state index >= 15 is 0 Å². The number of amides is 1. The second-order valence-electron chi connectivity index (χ2n) is 8.52. The van der Waals surface area contributed by atoms with Crippen LogP contribution in [0.1, 0.15) is 38.8 Å². The lowest BCUT2D eigenvalue weighted by atomic mass is 9.91. The van der Waals surface area contributed by atoms with Crippen molar-refractivity contribution in [2.24, 2.45) is 0 Å². The number of aromatic nitrogens is 1. The van der Waals surface area contributed by atoms with Crippen molar-refractivity contribution in [3.05, 3.63) is 88.7 Å². The van der Waals surface area contributed by atoms with Crippen molar-refractivity contribution >= 4 is 5.91 Å². The molecule has 172 valence electrons. The summed E-state index contributed by atoms with van der Waals surface area (Å²) in [7, 11) is 0. The molecule has 0 radical (unpaired) electrons. The molecule has 2 aromatic carbocycles. The van der Waals surface area contributed by atoms with Crippen molar-refractivity contribution < 1.29 is 14.6 Å². The first-order valence-corrected chi connectivity index (χ1v) is 11.4. The summed E-state index contributed by atoms with van der Waals surface area (Å²) in [5.74, 6) is -0.161. The number of ether oxygens (including phenoxy) is 1. The molecule has 3 aromatic rings. The largest absolute Gasteiger partial charge is 0.387 e. The van der Waals surface area contributed by atoms with Gasteiger partial charge >= 0.3 is 0 Å². The molecular weight excluding hydrogens is 414 g/mol. The monoisotopic (exact) mass is 445 g/mol. The van der Waals surface area contributed by atoms with Crippen molar-refractivity contribution in [2.75, 3.05) is 32.8 Å². The van der Waals surface area contributed by atoms with Crippen LogP contribution in [0, 0.1) is 13.8 Å². The molecule has 0 spiro atoms. The second kappa shape index (κ2) is 10.7. The van der Waals surface area contributed by atoms with E-state index in [1.807, 2.05) is 68.4 Å². The summed E-state index contributed by atoms with van der Waals surface area (Å²) >= 11 is 0. The minimum absolute atomic E-state index is 0.161. The number of hydrogen-bond acceptors (Lipinski definition) is 5. The van der Waals surface area contributed by atoms with Crippen LogP contribution in [0.2, 0.25) is 0 Å². The van der Waals surface area contributed by atoms with Crippen LogP contribution in [0.25, 0.3) is 11.1 Å². The van der Waals surface area contributed by atoms with Crippen LogP contribution >= 0.6 is 0 Å². The van der Waals surface area contributed by atoms with Crippen molar-refractivity contribution in [3.8, 4) is 11.1 Å². The summed E-state index contributed by atoms with van der Waals surface area (Å²) in [6.45, 7) is 7.71. The SMILES string of the molecule is Cc1ccc(CNC(=O)c2cc(-c3ccccc3)cc(C(O)CN3CCOCC3)c2C)cn1. The van der Waals surface area contributed by atoms with Gasteiger partial charge in [-0.25, -0.2) is 0 Å². The van der Waals surface area contributed by atoms with Crippen molar-refractivity contribution in [1.29, 1.82) is 0 Å². The van der Waals surface area contributed by atoms with Crippen molar-refractivity contribution in [2.45, 2.75) is 26.5 Å². The average Bonchev–Trinajstić information content (AvgIpc) is 2.84. The molecule has 6 nitrogen and oxygen atoms in total. The van der Waals surface area contributed by atoms with Gasteiger partial charge in [-0.05, 0) is 59.9 Å². The Morgan fingerprint density at radius 2 is 1.85 bits per heavy atom. The van der Waals surface area contributed by atoms with E-state index in [0.29, 0.717) is 31.9 Å². The van der Waals surface area contributed by atoms with Gasteiger partial charge in [0.15, 0.2) is 0 Å². The number of aryl methyl sites for hydroxylation is 1. The van der Waals surface area contributed by atoms with Crippen LogP contribution in [-0.2, 0) is 11.3 Å². The van der Waals surface area contributed by atoms with Gasteiger partial charge in [-0.15, -0.1) is 0 Å². The van der Waals surface area contributed by atoms with Gasteiger partial charge in [0.1, 0.15) is 0 Å². The van der Waals surface area contributed by atoms with Gasteiger partial charge in [-0.2, -0.15) is 0 Å². The number of carbonyl (C=O) groups is 1. The number of morpholine rings is 1. The third-order valence-electron chi connectivity index (χ3n) is 6.12. The number of nitrogens with zero attached hydrogens (tertiary/aromatic N) is 2. The highest BCUT2D eigenvalue weighted by atomic mass is 16.5. The molecule has 33 heavy (non-hydrogen) atoms. The maximum atomic E-state index is 13.2. The topological polar surface area (TPSA) is 74.7 Å². The number of benzene rings is 2. The maximum absolute atomic E-state index is 13.2. The Hall–Kier alpha value is -3.06. The summed E-state index contributed by atoms with van der Waals surface area (Å²) in [5, 5.41) is 14.2. The zero-order valence-electron chi connectivity index (χ0n) is 19.3. The van der Waals surface area contributed by atoms with E-state index in [1.54, 1.807) is 6.20 Å². The quantitative estimate of drug-likeness (QED) is 0.581. The van der Waals surface area contributed by atoms with Crippen LogP contribution in [0.15, 0.2) is 60.8 Å². The normalized spacial score (nSPS) is 15.2. The van der Waals surface area contributed by atoms with Gasteiger partial charge in [0.2, 0.25) is 0 Å². The Labute approximate surface area is 195 Å². The third kappa shape index (κ3) is 5.85. The number of carbonyl (C=O) groups excluding carboxylic acids is 1. The molecule has 0 aliphatic carbocycles. The zero-order valence-corrected chi connectivity index (χ0v) is 19.3. The van der Waals surface area contributed by atoms with Gasteiger partial charge in [0.05, 0.1) is 19.3 Å². The van der Waals surface area contributed by atoms with Crippen molar-refractivity contribution in [1.82, 2.24) is 15.2 Å². The molecule has 4 rings (SSSR count). The Morgan fingerprint density at radius 1 is 1.09 bits per heavy atom. The molecule has 1 atom stereocenters. The van der Waals surface area contributed by atoms with E-state index in [4.69, 9.17) is 4.74 Å². The Balaban J connectivity index is 1.62. The molecule has 1 aliphatic rings. The predicted octanol–water partition coefficient (Wildman–Crippen LogP) is 3.66. The lowest BCUT2D eigenvalue weighted by Crippen LogP contribution is -2.39. The first kappa shape index (κ1) is 23.1. The zero-order chi connectivity index (χ0) is 23.2. The lowest BCUT2D eigenvalue weighted by Gasteiger charge is -2.29. The van der Waals surface area contributed by atoms with Crippen LogP contribution in [0.4, 0.5) is 0 Å². The standard InChI is InChI=1S/C27H31N3O3/c1-19-8-9-21(16-28-19)17-29-27(32)25-15-23(22-6-4-3-5-7-22)14-24(20(25)2)26(31)18-30-10-12-33-13-11-30/h3-9,14-16,26,31H,10-13,17-18H2,1-2H3,(H,29,32). The van der Waals surface area contributed by atoms with Crippen LogP contribution < -0.4 is 5.32 Å². The number of aliphatic hydroxyl groups excluding tert-OH is 1. The summed E-state index contributed by atoms with van der Waals surface area (Å²) in [5.41, 5.74) is 5.97. The molecule has 1 aliphatic heterocycles. The van der Waals surface area contributed by atoms with Gasteiger partial charge in [0.25, 0.3) is 5.91 Å². The first-order chi connectivity index (χ1) is 16.0. The Kier molecular flexibility index (Phi) is 7.50. The van der Waals surface area contributed by atoms with Gasteiger partial charge in [-0.3, -0.25) is 14.7 Å². The molecule has 1 unspecified atom stereocenters. The van der Waals surface area contributed by atoms with E-state index in [9.17, 15) is 9.90 Å². The number of nitrogens with one attached hydrogen (secondary N) is 1. The highest BCUT2D eigenvalue weighted by Gasteiger charge is 2.22. The van der Waals surface area contributed by atoms with E-state index in [1.165, 1.54) is 0 Å². The number of hydrogen-bond donors (Lipinski definition) is 2. The number of aliphatic hydroxyl groups is 1. The molecular formula is C27H31N3O3. The van der Waals surface area contributed by atoms with Crippen LogP contribution in [0.5, 0.6) is 0 Å². The minimum Gasteiger partial charge on any atom is -0.387 e. The summed E-state index contributed by atoms with van der Waals surface area (Å²) in [6.07, 6.45) is 1.08. The minimum atomic E-state index is -0.695. The number of rotatable bonds is 7. The molecule has 6 heteroatoms. The van der Waals surface area contributed by atoms with Crippen LogP contribution in [0.3, 0.4) is 0 Å². The van der Waals surface area contributed by atoms with E-state index in [2.05, 4.69) is 15.2 Å². The summed E-state index contributed by atoms with van der Waals surface area (Å²) in [4.78, 5) is 19.7. The molecule has 0 saturated carbocycles. The Morgan fingerprint density at radius 3 is 2.55 bits per heavy atom. The fourth-order valence-electron chi connectivity index (χ4n) is 4.12. The molecule has 1 fully saturated rings. The van der Waals surface area contributed by atoms with E-state index in [-0.39, 0.29) is 5.91 Å². The second-order valence-corrected chi connectivity index (χ2v) is 8.52. The van der Waals surface area contributed by atoms with Gasteiger partial charge < -0.3 is 15.2 Å². The number of pyridine rings is 1. The summed E-state index contributed by atoms with van der Waals surface area (Å²) < 4.78 is 5.43. The summed E-state index contributed by atoms with van der Waals surface area (Å²) in [6, 6.07) is 17.8. The average molecular weight is 446 g/mol. The fourth-order valence-corrected chi connectivity index (χ4v) is 4.12. The van der Waals surface area contributed by atoms with Crippen LogP contribution in [-0.4, -0.2) is 53.7 Å². The molecule has 0 bridgehead atoms. The predicted molar refractivity (Wildman–Crippen MR) is 129 cm³/mol. The molecule has 1 saturated heterocycles. The molecule has 1 aromatic heterocycles. The van der Waals surface area contributed by atoms with E-state index in [0.717, 1.165) is 46.6 Å². The first-order valence-electron chi connectivity index (χ1n) is 11.4. The maximum Gasteiger partial charge on any atom is 0.251 e. The molecule has 2 N–H and O–H groups in total. The Bertz CT molecular complexity index is 1080. The van der Waals surface area contributed by atoms with E-state index < -0.39 is 6.10 Å². The highest BCUT2D eigenvalue weighted by Crippen LogP contribution is 2.30. The lowest BCUT2D eigenvalue weighted by molar-refractivity contribution is 0.0142. The van der Waals surface area contributed by atoms with Gasteiger partial charge in [0, 0.05) is 43.6 Å².